The first-order chi connectivity index (χ1) is 5.04. The molecule has 0 saturated heterocycles. The van der Waals surface area contributed by atoms with Gasteiger partial charge in [-0.05, 0) is 6.92 Å². The average molecular weight is 179 g/mol. The Balaban J connectivity index is 3.46. The van der Waals surface area contributed by atoms with Gasteiger partial charge >= 0.3 is 0 Å². The third-order valence-corrected chi connectivity index (χ3v) is 2.00. The number of hydrogen-bond acceptors (Lipinski definition) is 1. The summed E-state index contributed by atoms with van der Waals surface area (Å²) in [5.41, 5.74) is -0.0694. The minimum Gasteiger partial charge on any atom is -0.202 e. The van der Waals surface area contributed by atoms with Gasteiger partial charge in [0, 0.05) is 10.9 Å². The molecule has 0 radical (unpaired) electrons. The van der Waals surface area contributed by atoms with E-state index in [-0.39, 0.29) is 10.9 Å². The molecule has 1 heterocycles. The van der Waals surface area contributed by atoms with Crippen LogP contribution in [0.15, 0.2) is 0 Å². The highest BCUT2D eigenvalue weighted by Gasteiger charge is 2.13. The predicted molar refractivity (Wildman–Crippen MR) is 38.2 cm³/mol. The zero-order chi connectivity index (χ0) is 8.59. The number of rotatable bonds is 0. The molecule has 0 amide bonds. The van der Waals surface area contributed by atoms with Crippen LogP contribution in [-0.2, 0) is 0 Å². The Kier molecular flexibility index (Phi) is 2.14. The summed E-state index contributed by atoms with van der Waals surface area (Å²) >= 11 is 0. The van der Waals surface area contributed by atoms with E-state index in [4.69, 9.17) is 0 Å². The first kappa shape index (κ1) is 8.47. The van der Waals surface area contributed by atoms with Crippen molar-refractivity contribution in [1.82, 2.24) is 4.98 Å². The predicted octanol–water partition coefficient (Wildman–Crippen LogP) is 1.31. The number of nitrogens with zero attached hydrogens (tertiary/aromatic N) is 1. The summed E-state index contributed by atoms with van der Waals surface area (Å²) in [6, 6.07) is 0. The Bertz CT molecular complexity index is 274. The molecule has 0 bridgehead atoms. The molecule has 60 valence electrons. The van der Waals surface area contributed by atoms with Crippen molar-refractivity contribution < 1.29 is 13.2 Å². The highest BCUT2D eigenvalue weighted by Crippen LogP contribution is 2.09. The van der Waals surface area contributed by atoms with Crippen molar-refractivity contribution in [1.29, 1.82) is 0 Å². The second-order valence-corrected chi connectivity index (χ2v) is 2.62. The number of pyridine rings is 1. The van der Waals surface area contributed by atoms with Crippen molar-refractivity contribution in [3.8, 4) is 0 Å². The number of hydrogen-bond donors (Lipinski definition) is 0. The SMILES string of the molecule is Cc1c(F)c(F)nc(F)c1P. The van der Waals surface area contributed by atoms with Crippen molar-refractivity contribution in [2.45, 2.75) is 6.92 Å². The van der Waals surface area contributed by atoms with Gasteiger partial charge in [-0.1, -0.05) is 0 Å². The highest BCUT2D eigenvalue weighted by atomic mass is 31.0. The summed E-state index contributed by atoms with van der Waals surface area (Å²) in [6.07, 6.45) is 0. The monoisotopic (exact) mass is 179 g/mol. The van der Waals surface area contributed by atoms with Gasteiger partial charge < -0.3 is 0 Å². The number of aromatic nitrogens is 1. The maximum Gasteiger partial charge on any atom is 0.251 e. The number of halogens is 3. The summed E-state index contributed by atoms with van der Waals surface area (Å²) in [5.74, 6) is -3.49. The highest BCUT2D eigenvalue weighted by molar-refractivity contribution is 7.27. The first-order valence-corrected chi connectivity index (χ1v) is 3.38. The summed E-state index contributed by atoms with van der Waals surface area (Å²) in [7, 11) is 1.96. The molecule has 5 heteroatoms. The fourth-order valence-electron chi connectivity index (χ4n) is 0.623. The van der Waals surface area contributed by atoms with E-state index in [2.05, 4.69) is 4.98 Å². The smallest absolute Gasteiger partial charge is 0.202 e. The molecule has 0 aliphatic rings. The van der Waals surface area contributed by atoms with Gasteiger partial charge in [-0.2, -0.15) is 13.8 Å². The topological polar surface area (TPSA) is 12.9 Å². The van der Waals surface area contributed by atoms with E-state index >= 15 is 0 Å². The second kappa shape index (κ2) is 2.78. The van der Waals surface area contributed by atoms with Crippen LogP contribution in [0.5, 0.6) is 0 Å². The Morgan fingerprint density at radius 2 is 1.73 bits per heavy atom. The van der Waals surface area contributed by atoms with Gasteiger partial charge in [0.1, 0.15) is 0 Å². The molecule has 0 N–H and O–H groups in total. The normalized spacial score (nSPS) is 10.3. The fraction of sp³-hybridized carbons (Fsp3) is 0.167. The van der Waals surface area contributed by atoms with Gasteiger partial charge in [0.15, 0.2) is 5.82 Å². The standard InChI is InChI=1S/C6H5F3NP/c1-2-3(7)5(8)10-6(9)4(2)11/h11H2,1H3. The van der Waals surface area contributed by atoms with Gasteiger partial charge in [0.05, 0.1) is 0 Å². The van der Waals surface area contributed by atoms with E-state index < -0.39 is 17.7 Å². The van der Waals surface area contributed by atoms with Crippen LogP contribution >= 0.6 is 9.24 Å². The molecule has 1 aromatic rings. The van der Waals surface area contributed by atoms with Crippen LogP contribution in [0.4, 0.5) is 13.2 Å². The van der Waals surface area contributed by atoms with Gasteiger partial charge in [-0.25, -0.2) is 4.39 Å². The van der Waals surface area contributed by atoms with E-state index in [1.807, 2.05) is 9.24 Å². The molecule has 0 aliphatic heterocycles. The Morgan fingerprint density at radius 3 is 2.27 bits per heavy atom. The van der Waals surface area contributed by atoms with Crippen molar-refractivity contribution >= 4 is 14.5 Å². The lowest BCUT2D eigenvalue weighted by Gasteiger charge is -2.01. The molecule has 1 aromatic heterocycles. The minimum absolute atomic E-state index is 0.0381. The molecule has 1 atom stereocenters. The Morgan fingerprint density at radius 1 is 1.18 bits per heavy atom. The zero-order valence-electron chi connectivity index (χ0n) is 5.66. The molecule has 0 aromatic carbocycles. The fourth-order valence-corrected chi connectivity index (χ4v) is 0.814. The summed E-state index contributed by atoms with van der Waals surface area (Å²) < 4.78 is 37.3. The molecule has 11 heavy (non-hydrogen) atoms. The van der Waals surface area contributed by atoms with Crippen LogP contribution in [0.1, 0.15) is 5.56 Å². The van der Waals surface area contributed by atoms with Gasteiger partial charge in [0.25, 0.3) is 5.95 Å². The molecule has 0 aliphatic carbocycles. The third kappa shape index (κ3) is 1.36. The van der Waals surface area contributed by atoms with Gasteiger partial charge in [-0.15, -0.1) is 9.24 Å². The largest absolute Gasteiger partial charge is 0.251 e. The molecular weight excluding hydrogens is 174 g/mol. The van der Waals surface area contributed by atoms with Crippen LogP contribution in [0.2, 0.25) is 0 Å². The molecule has 1 unspecified atom stereocenters. The molecule has 0 fully saturated rings. The van der Waals surface area contributed by atoms with Crippen LogP contribution in [0.25, 0.3) is 0 Å². The first-order valence-electron chi connectivity index (χ1n) is 2.80. The third-order valence-electron chi connectivity index (χ3n) is 1.33. The summed E-state index contributed by atoms with van der Waals surface area (Å²) in [5, 5.41) is -0.0381. The molecule has 1 rings (SSSR count). The van der Waals surface area contributed by atoms with Crippen LogP contribution in [-0.4, -0.2) is 4.98 Å². The van der Waals surface area contributed by atoms with Crippen molar-refractivity contribution in [3.63, 3.8) is 0 Å². The van der Waals surface area contributed by atoms with Crippen LogP contribution < -0.4 is 5.30 Å². The molecule has 1 nitrogen and oxygen atoms in total. The van der Waals surface area contributed by atoms with Gasteiger partial charge in [-0.3, -0.25) is 0 Å². The maximum absolute atomic E-state index is 12.6. The van der Waals surface area contributed by atoms with Gasteiger partial charge in [0.2, 0.25) is 5.95 Å². The van der Waals surface area contributed by atoms with E-state index in [0.29, 0.717) is 0 Å². The van der Waals surface area contributed by atoms with E-state index in [9.17, 15) is 13.2 Å². The molecule has 0 spiro atoms. The lowest BCUT2D eigenvalue weighted by molar-refractivity contribution is 0.447. The van der Waals surface area contributed by atoms with Crippen LogP contribution in [0, 0.1) is 24.6 Å². The minimum atomic E-state index is -1.40. The van der Waals surface area contributed by atoms with E-state index in [1.165, 1.54) is 6.92 Å². The average Bonchev–Trinajstić information content (AvgIpc) is 1.97. The zero-order valence-corrected chi connectivity index (χ0v) is 6.81. The van der Waals surface area contributed by atoms with E-state index in [0.717, 1.165) is 0 Å². The van der Waals surface area contributed by atoms with E-state index in [1.54, 1.807) is 0 Å². The maximum atomic E-state index is 12.6. The summed E-state index contributed by atoms with van der Waals surface area (Å²) in [4.78, 5) is 2.70. The molecule has 0 saturated carbocycles. The lowest BCUT2D eigenvalue weighted by atomic mass is 10.3. The summed E-state index contributed by atoms with van der Waals surface area (Å²) in [6.45, 7) is 1.28. The Labute approximate surface area is 63.8 Å². The van der Waals surface area contributed by atoms with Crippen molar-refractivity contribution in [2.75, 3.05) is 0 Å². The quantitative estimate of drug-likeness (QED) is 0.432. The van der Waals surface area contributed by atoms with Crippen molar-refractivity contribution in [3.05, 3.63) is 23.3 Å². The van der Waals surface area contributed by atoms with Crippen molar-refractivity contribution in [2.24, 2.45) is 0 Å². The van der Waals surface area contributed by atoms with Crippen LogP contribution in [0.3, 0.4) is 0 Å². The molecular formula is C6H5F3NP. The second-order valence-electron chi connectivity index (χ2n) is 2.05. The lowest BCUT2D eigenvalue weighted by Crippen LogP contribution is -2.11. The Hall–Kier alpha value is -0.630.